The Morgan fingerprint density at radius 1 is 1.20 bits per heavy atom. The van der Waals surface area contributed by atoms with Gasteiger partial charge in [0, 0.05) is 0 Å². The molecule has 0 aliphatic rings. The molecule has 0 radical (unpaired) electrons. The second-order valence-corrected chi connectivity index (χ2v) is 1.77. The summed E-state index contributed by atoms with van der Waals surface area (Å²) < 4.78 is 17.3. The SMILES string of the molecule is [2H]c1cccc(OC)c1OC. The van der Waals surface area contributed by atoms with Crippen molar-refractivity contribution in [2.75, 3.05) is 14.2 Å². The predicted octanol–water partition coefficient (Wildman–Crippen LogP) is 1.70. The van der Waals surface area contributed by atoms with Crippen molar-refractivity contribution in [3.05, 3.63) is 24.2 Å². The molecular formula is C8H10O2. The maximum absolute atomic E-state index is 7.41. The van der Waals surface area contributed by atoms with E-state index in [1.165, 1.54) is 7.11 Å². The number of hydrogen-bond donors (Lipinski definition) is 0. The van der Waals surface area contributed by atoms with E-state index in [1.807, 2.05) is 0 Å². The molecule has 0 atom stereocenters. The minimum Gasteiger partial charge on any atom is -0.493 e. The molecule has 0 saturated carbocycles. The van der Waals surface area contributed by atoms with E-state index < -0.39 is 0 Å². The first-order chi connectivity index (χ1) is 5.29. The van der Waals surface area contributed by atoms with Crippen molar-refractivity contribution in [2.24, 2.45) is 0 Å². The fourth-order valence-electron chi connectivity index (χ4n) is 0.726. The Kier molecular flexibility index (Phi) is 1.74. The quantitative estimate of drug-likeness (QED) is 0.621. The zero-order valence-electron chi connectivity index (χ0n) is 7.05. The van der Waals surface area contributed by atoms with Crippen molar-refractivity contribution in [1.29, 1.82) is 0 Å². The van der Waals surface area contributed by atoms with E-state index >= 15 is 0 Å². The first-order valence-electron chi connectivity index (χ1n) is 3.47. The van der Waals surface area contributed by atoms with Crippen LogP contribution in [0.1, 0.15) is 1.37 Å². The lowest BCUT2D eigenvalue weighted by atomic mass is 10.3. The topological polar surface area (TPSA) is 18.5 Å². The number of rotatable bonds is 2. The van der Waals surface area contributed by atoms with Gasteiger partial charge in [0.05, 0.1) is 15.6 Å². The van der Waals surface area contributed by atoms with Crippen LogP contribution in [0.4, 0.5) is 0 Å². The molecule has 0 N–H and O–H groups in total. The lowest BCUT2D eigenvalue weighted by Crippen LogP contribution is -1.88. The van der Waals surface area contributed by atoms with Crippen LogP contribution in [0.5, 0.6) is 11.5 Å². The number of ether oxygens (including phenoxy) is 2. The second kappa shape index (κ2) is 3.11. The van der Waals surface area contributed by atoms with Gasteiger partial charge in [0.15, 0.2) is 11.5 Å². The maximum atomic E-state index is 7.41. The zero-order chi connectivity index (χ0) is 8.27. The Morgan fingerprint density at radius 2 is 1.90 bits per heavy atom. The van der Waals surface area contributed by atoms with Crippen molar-refractivity contribution in [2.45, 2.75) is 0 Å². The van der Waals surface area contributed by atoms with Gasteiger partial charge < -0.3 is 9.47 Å². The Balaban J connectivity index is 3.13. The first kappa shape index (κ1) is 5.59. The number of para-hydroxylation sites is 2. The van der Waals surface area contributed by atoms with Crippen LogP contribution in [0.15, 0.2) is 24.2 Å². The molecule has 0 amide bonds. The third-order valence-electron chi connectivity index (χ3n) is 1.21. The molecule has 0 unspecified atom stereocenters. The van der Waals surface area contributed by atoms with Gasteiger partial charge in [-0.3, -0.25) is 0 Å². The van der Waals surface area contributed by atoms with E-state index in [1.54, 1.807) is 25.3 Å². The highest BCUT2D eigenvalue weighted by atomic mass is 16.5. The molecule has 1 aromatic rings. The molecular weight excluding hydrogens is 128 g/mol. The van der Waals surface area contributed by atoms with Crippen LogP contribution in [0.3, 0.4) is 0 Å². The Hall–Kier alpha value is -1.18. The summed E-state index contributed by atoms with van der Waals surface area (Å²) in [6, 6.07) is 5.51. The Labute approximate surface area is 61.8 Å². The summed E-state index contributed by atoms with van der Waals surface area (Å²) in [5, 5.41) is 0. The van der Waals surface area contributed by atoms with Crippen LogP contribution in [0.25, 0.3) is 0 Å². The third kappa shape index (κ3) is 1.21. The van der Waals surface area contributed by atoms with Crippen LogP contribution in [0, 0.1) is 0 Å². The van der Waals surface area contributed by atoms with Crippen molar-refractivity contribution >= 4 is 0 Å². The molecule has 0 spiro atoms. The molecule has 10 heavy (non-hydrogen) atoms. The Bertz CT molecular complexity index is 248. The molecule has 2 heteroatoms. The summed E-state index contributed by atoms with van der Waals surface area (Å²) in [5.41, 5.74) is 0. The standard InChI is InChI=1S/C8H10O2/c1-9-7-5-3-4-6-8(7)10-2/h3-6H,1-2H3/i5D. The van der Waals surface area contributed by atoms with Gasteiger partial charge in [-0.05, 0) is 12.1 Å². The largest absolute Gasteiger partial charge is 0.493 e. The maximum Gasteiger partial charge on any atom is 0.160 e. The molecule has 0 saturated heterocycles. The number of methoxy groups -OCH3 is 2. The highest BCUT2D eigenvalue weighted by molar-refractivity contribution is 5.38. The predicted molar refractivity (Wildman–Crippen MR) is 39.5 cm³/mol. The van der Waals surface area contributed by atoms with Gasteiger partial charge in [0.25, 0.3) is 0 Å². The van der Waals surface area contributed by atoms with Crippen LogP contribution in [0.2, 0.25) is 0 Å². The smallest absolute Gasteiger partial charge is 0.160 e. The van der Waals surface area contributed by atoms with Crippen molar-refractivity contribution in [3.8, 4) is 11.5 Å². The van der Waals surface area contributed by atoms with Gasteiger partial charge in [-0.15, -0.1) is 0 Å². The van der Waals surface area contributed by atoms with E-state index in [0.717, 1.165) is 0 Å². The van der Waals surface area contributed by atoms with E-state index in [9.17, 15) is 0 Å². The van der Waals surface area contributed by atoms with Crippen molar-refractivity contribution in [3.63, 3.8) is 0 Å². The highest BCUT2D eigenvalue weighted by Crippen LogP contribution is 2.24. The summed E-state index contributed by atoms with van der Waals surface area (Å²) in [5.74, 6) is 1.08. The average molecular weight is 139 g/mol. The van der Waals surface area contributed by atoms with E-state index in [0.29, 0.717) is 17.5 Å². The lowest BCUT2D eigenvalue weighted by Gasteiger charge is -2.04. The summed E-state index contributed by atoms with van der Waals surface area (Å²) in [6.45, 7) is 0. The molecule has 0 bridgehead atoms. The fourth-order valence-corrected chi connectivity index (χ4v) is 0.726. The monoisotopic (exact) mass is 139 g/mol. The average Bonchev–Trinajstić information content (AvgIpc) is 2.04. The minimum atomic E-state index is 0.340. The summed E-state index contributed by atoms with van der Waals surface area (Å²) in [7, 11) is 3.08. The van der Waals surface area contributed by atoms with Crippen LogP contribution < -0.4 is 9.47 Å². The number of hydrogen-bond acceptors (Lipinski definition) is 2. The zero-order valence-corrected chi connectivity index (χ0v) is 6.05. The lowest BCUT2D eigenvalue weighted by molar-refractivity contribution is 0.355. The molecule has 54 valence electrons. The molecule has 1 aromatic carbocycles. The summed E-state index contributed by atoms with van der Waals surface area (Å²) in [4.78, 5) is 0. The summed E-state index contributed by atoms with van der Waals surface area (Å²) in [6.07, 6.45) is 0. The highest BCUT2D eigenvalue weighted by Gasteiger charge is 1.97. The third-order valence-corrected chi connectivity index (χ3v) is 1.21. The van der Waals surface area contributed by atoms with Crippen LogP contribution in [-0.4, -0.2) is 14.2 Å². The molecule has 0 aromatic heterocycles. The molecule has 1 rings (SSSR count). The second-order valence-electron chi connectivity index (χ2n) is 1.77. The summed E-state index contributed by atoms with van der Waals surface area (Å²) >= 11 is 0. The fraction of sp³-hybridized carbons (Fsp3) is 0.250. The van der Waals surface area contributed by atoms with Crippen LogP contribution >= 0.6 is 0 Å². The molecule has 2 nitrogen and oxygen atoms in total. The molecule has 0 aliphatic heterocycles. The first-order valence-corrected chi connectivity index (χ1v) is 2.97. The van der Waals surface area contributed by atoms with E-state index in [-0.39, 0.29) is 0 Å². The van der Waals surface area contributed by atoms with Gasteiger partial charge in [0.1, 0.15) is 0 Å². The van der Waals surface area contributed by atoms with Crippen LogP contribution in [-0.2, 0) is 0 Å². The van der Waals surface area contributed by atoms with Gasteiger partial charge >= 0.3 is 0 Å². The van der Waals surface area contributed by atoms with Gasteiger partial charge in [-0.1, -0.05) is 12.1 Å². The van der Waals surface area contributed by atoms with Gasteiger partial charge in [-0.25, -0.2) is 0 Å². The van der Waals surface area contributed by atoms with Gasteiger partial charge in [-0.2, -0.15) is 0 Å². The molecule has 0 fully saturated rings. The van der Waals surface area contributed by atoms with E-state index in [4.69, 9.17) is 10.8 Å². The van der Waals surface area contributed by atoms with E-state index in [2.05, 4.69) is 0 Å². The molecule has 0 aliphatic carbocycles. The van der Waals surface area contributed by atoms with Crippen molar-refractivity contribution in [1.82, 2.24) is 0 Å². The molecule has 0 heterocycles. The number of benzene rings is 1. The van der Waals surface area contributed by atoms with Crippen molar-refractivity contribution < 1.29 is 10.8 Å². The van der Waals surface area contributed by atoms with Gasteiger partial charge in [0.2, 0.25) is 0 Å². The minimum absolute atomic E-state index is 0.340. The Morgan fingerprint density at radius 3 is 2.40 bits per heavy atom. The normalized spacial score (nSPS) is 10.4.